The SMILES string of the molecule is O=S1(=O)C[C@@H](Cl)[C@@H](NC(=S)OC[C@@H](Cl)CCl)C1. The van der Waals surface area contributed by atoms with Gasteiger partial charge in [-0.15, -0.1) is 34.8 Å². The summed E-state index contributed by atoms with van der Waals surface area (Å²) in [6, 6.07) is -0.418. The minimum atomic E-state index is -3.08. The summed E-state index contributed by atoms with van der Waals surface area (Å²) in [4.78, 5) is 0. The predicted octanol–water partition coefficient (Wildman–Crippen LogP) is 1.13. The zero-order chi connectivity index (χ0) is 13.1. The Bertz CT molecular complexity index is 376. The normalized spacial score (nSPS) is 28.6. The number of hydrogen-bond donors (Lipinski definition) is 1. The number of halogens is 3. The molecule has 0 aromatic carbocycles. The van der Waals surface area contributed by atoms with Crippen LogP contribution in [0.1, 0.15) is 0 Å². The summed E-state index contributed by atoms with van der Waals surface area (Å²) in [6.07, 6.45) is 0. The number of rotatable bonds is 4. The maximum Gasteiger partial charge on any atom is 0.256 e. The van der Waals surface area contributed by atoms with Crippen molar-refractivity contribution in [1.29, 1.82) is 0 Å². The Morgan fingerprint density at radius 1 is 1.53 bits per heavy atom. The molecule has 0 aliphatic carbocycles. The van der Waals surface area contributed by atoms with Gasteiger partial charge in [0.15, 0.2) is 9.84 Å². The highest BCUT2D eigenvalue weighted by Gasteiger charge is 2.37. The quantitative estimate of drug-likeness (QED) is 0.614. The van der Waals surface area contributed by atoms with Crippen molar-refractivity contribution in [3.8, 4) is 0 Å². The Morgan fingerprint density at radius 3 is 2.65 bits per heavy atom. The lowest BCUT2D eigenvalue weighted by Crippen LogP contribution is -2.41. The topological polar surface area (TPSA) is 55.4 Å². The van der Waals surface area contributed by atoms with Crippen LogP contribution in [0.15, 0.2) is 0 Å². The number of ether oxygens (including phenoxy) is 1. The molecule has 4 nitrogen and oxygen atoms in total. The van der Waals surface area contributed by atoms with E-state index in [1.807, 2.05) is 0 Å². The first-order chi connectivity index (χ1) is 7.84. The fraction of sp³-hybridized carbons (Fsp3) is 0.875. The van der Waals surface area contributed by atoms with Crippen LogP contribution in [-0.4, -0.2) is 54.4 Å². The maximum absolute atomic E-state index is 11.3. The molecule has 1 fully saturated rings. The van der Waals surface area contributed by atoms with Gasteiger partial charge in [-0.25, -0.2) is 8.42 Å². The van der Waals surface area contributed by atoms with Crippen molar-refractivity contribution < 1.29 is 13.2 Å². The third kappa shape index (κ3) is 5.34. The third-order valence-electron chi connectivity index (χ3n) is 2.15. The van der Waals surface area contributed by atoms with Gasteiger partial charge in [-0.3, -0.25) is 0 Å². The minimum Gasteiger partial charge on any atom is -0.469 e. The van der Waals surface area contributed by atoms with Crippen molar-refractivity contribution in [3.05, 3.63) is 0 Å². The van der Waals surface area contributed by atoms with E-state index in [1.165, 1.54) is 0 Å². The summed E-state index contributed by atoms with van der Waals surface area (Å²) in [5, 5.41) is 2.02. The van der Waals surface area contributed by atoms with Crippen molar-refractivity contribution in [2.75, 3.05) is 24.0 Å². The van der Waals surface area contributed by atoms with Gasteiger partial charge in [0.05, 0.1) is 28.3 Å². The molecule has 9 heteroatoms. The summed E-state index contributed by atoms with van der Waals surface area (Å²) >= 11 is 22.0. The van der Waals surface area contributed by atoms with Crippen LogP contribution < -0.4 is 5.32 Å². The molecular formula is C8H12Cl3NO3S2. The molecule has 1 aliphatic rings. The first kappa shape index (κ1) is 15.6. The second-order valence-electron chi connectivity index (χ2n) is 3.69. The van der Waals surface area contributed by atoms with Gasteiger partial charge in [0.1, 0.15) is 6.61 Å². The van der Waals surface area contributed by atoms with E-state index in [0.29, 0.717) is 0 Å². The van der Waals surface area contributed by atoms with E-state index in [4.69, 9.17) is 51.8 Å². The number of alkyl halides is 3. The van der Waals surface area contributed by atoms with Crippen molar-refractivity contribution in [2.24, 2.45) is 0 Å². The molecule has 1 saturated heterocycles. The lowest BCUT2D eigenvalue weighted by Gasteiger charge is -2.17. The van der Waals surface area contributed by atoms with Crippen LogP contribution in [0, 0.1) is 0 Å². The van der Waals surface area contributed by atoms with Gasteiger partial charge in [0.25, 0.3) is 5.17 Å². The molecule has 0 spiro atoms. The molecule has 1 N–H and O–H groups in total. The van der Waals surface area contributed by atoms with Gasteiger partial charge in [-0.1, -0.05) is 0 Å². The van der Waals surface area contributed by atoms with E-state index in [9.17, 15) is 8.42 Å². The Balaban J connectivity index is 2.37. The van der Waals surface area contributed by atoms with Gasteiger partial charge >= 0.3 is 0 Å². The largest absolute Gasteiger partial charge is 0.469 e. The standard InChI is InChI=1S/C8H12Cl3NO3S2/c9-1-5(10)2-15-8(16)12-7-4-17(13,14)3-6(7)11/h5-7H,1-4H2,(H,12,16)/t5-,6+,7-/m0/s1. The van der Waals surface area contributed by atoms with Gasteiger partial charge in [-0.2, -0.15) is 0 Å². The van der Waals surface area contributed by atoms with Crippen LogP contribution in [0.4, 0.5) is 0 Å². The highest BCUT2D eigenvalue weighted by atomic mass is 35.5. The van der Waals surface area contributed by atoms with Crippen molar-refractivity contribution >= 4 is 62.0 Å². The van der Waals surface area contributed by atoms with Gasteiger partial charge in [0.2, 0.25) is 0 Å². The number of thiocarbonyl (C=S) groups is 1. The number of hydrogen-bond acceptors (Lipinski definition) is 4. The molecule has 1 aliphatic heterocycles. The highest BCUT2D eigenvalue weighted by Crippen LogP contribution is 2.18. The van der Waals surface area contributed by atoms with Crippen molar-refractivity contribution in [1.82, 2.24) is 5.32 Å². The van der Waals surface area contributed by atoms with E-state index in [0.717, 1.165) is 0 Å². The van der Waals surface area contributed by atoms with Crippen LogP contribution in [0.2, 0.25) is 0 Å². The van der Waals surface area contributed by atoms with Crippen LogP contribution in [0.3, 0.4) is 0 Å². The second kappa shape index (κ2) is 6.61. The summed E-state index contributed by atoms with van der Waals surface area (Å²) in [6.45, 7) is 0.170. The van der Waals surface area contributed by atoms with Crippen LogP contribution in [-0.2, 0) is 14.6 Å². The van der Waals surface area contributed by atoms with Crippen LogP contribution in [0.25, 0.3) is 0 Å². The molecule has 0 saturated carbocycles. The van der Waals surface area contributed by atoms with Crippen LogP contribution >= 0.6 is 47.0 Å². The minimum absolute atomic E-state index is 0.0372. The average molecular weight is 341 g/mol. The first-order valence-electron chi connectivity index (χ1n) is 4.82. The smallest absolute Gasteiger partial charge is 0.256 e. The van der Waals surface area contributed by atoms with E-state index in [-0.39, 0.29) is 34.5 Å². The highest BCUT2D eigenvalue weighted by molar-refractivity contribution is 7.91. The third-order valence-corrected chi connectivity index (χ3v) is 5.57. The summed E-state index contributed by atoms with van der Waals surface area (Å²) < 4.78 is 27.7. The van der Waals surface area contributed by atoms with Crippen LogP contribution in [0.5, 0.6) is 0 Å². The zero-order valence-electron chi connectivity index (χ0n) is 8.74. The molecule has 0 aromatic heterocycles. The lowest BCUT2D eigenvalue weighted by atomic mass is 10.3. The Hall–Kier alpha value is 0.510. The van der Waals surface area contributed by atoms with Crippen molar-refractivity contribution in [2.45, 2.75) is 16.8 Å². The lowest BCUT2D eigenvalue weighted by molar-refractivity contribution is 0.298. The predicted molar refractivity (Wildman–Crippen MR) is 74.1 cm³/mol. The molecule has 0 unspecified atom stereocenters. The van der Waals surface area contributed by atoms with Gasteiger partial charge in [-0.05, 0) is 12.2 Å². The van der Waals surface area contributed by atoms with E-state index >= 15 is 0 Å². The van der Waals surface area contributed by atoms with E-state index in [2.05, 4.69) is 5.32 Å². The van der Waals surface area contributed by atoms with E-state index in [1.54, 1.807) is 0 Å². The summed E-state index contributed by atoms with van der Waals surface area (Å²) in [7, 11) is -3.08. The van der Waals surface area contributed by atoms with E-state index < -0.39 is 21.3 Å². The number of sulfone groups is 1. The Kier molecular flexibility index (Phi) is 6.05. The van der Waals surface area contributed by atoms with Crippen molar-refractivity contribution in [3.63, 3.8) is 0 Å². The number of nitrogens with one attached hydrogen (secondary N) is 1. The van der Waals surface area contributed by atoms with Gasteiger partial charge in [0, 0.05) is 5.88 Å². The molecule has 100 valence electrons. The molecule has 0 amide bonds. The molecule has 17 heavy (non-hydrogen) atoms. The fourth-order valence-electron chi connectivity index (χ4n) is 1.34. The summed E-state index contributed by atoms with van der Waals surface area (Å²) in [5.41, 5.74) is 0. The molecule has 1 rings (SSSR count). The fourth-order valence-corrected chi connectivity index (χ4v) is 4.26. The average Bonchev–Trinajstić information content (AvgIpc) is 2.48. The molecule has 0 radical (unpaired) electrons. The first-order valence-corrected chi connectivity index (χ1v) is 8.45. The second-order valence-corrected chi connectivity index (χ2v) is 7.70. The zero-order valence-corrected chi connectivity index (χ0v) is 12.6. The molecular weight excluding hydrogens is 329 g/mol. The molecule has 1 heterocycles. The maximum atomic E-state index is 11.3. The molecule has 3 atom stereocenters. The summed E-state index contributed by atoms with van der Waals surface area (Å²) in [5.74, 6) is 0.166. The molecule has 0 bridgehead atoms. The molecule has 0 aromatic rings. The monoisotopic (exact) mass is 339 g/mol. The van der Waals surface area contributed by atoms with Gasteiger partial charge < -0.3 is 10.1 Å². The Labute approximate surface area is 121 Å². The Morgan fingerprint density at radius 2 is 2.18 bits per heavy atom.